The van der Waals surface area contributed by atoms with Gasteiger partial charge in [0.1, 0.15) is 0 Å². The van der Waals surface area contributed by atoms with Crippen molar-refractivity contribution in [3.63, 3.8) is 0 Å². The van der Waals surface area contributed by atoms with Crippen molar-refractivity contribution in [3.8, 4) is 12.0 Å². The summed E-state index contributed by atoms with van der Waals surface area (Å²) >= 11 is 0. The summed E-state index contributed by atoms with van der Waals surface area (Å²) in [5, 5.41) is 2.96. The highest BCUT2D eigenvalue weighted by molar-refractivity contribution is 6.69. The van der Waals surface area contributed by atoms with Crippen molar-refractivity contribution in [2.45, 2.75) is 44.4 Å². The van der Waals surface area contributed by atoms with Crippen LogP contribution in [0.3, 0.4) is 0 Å². The normalized spacial score (nSPS) is 27.4. The van der Waals surface area contributed by atoms with E-state index in [1.165, 1.54) is 0 Å². The molecule has 4 nitrogen and oxygen atoms in total. The van der Waals surface area contributed by atoms with Gasteiger partial charge in [0.2, 0.25) is 0 Å². The summed E-state index contributed by atoms with van der Waals surface area (Å²) in [6.07, 6.45) is 1.28. The van der Waals surface area contributed by atoms with Crippen LogP contribution in [0.5, 0.6) is 0 Å². The first-order valence-corrected chi connectivity index (χ1v) is 10.7. The van der Waals surface area contributed by atoms with Crippen LogP contribution in [0.15, 0.2) is 30.3 Å². The quantitative estimate of drug-likeness (QED) is 0.526. The first kappa shape index (κ1) is 14.7. The molecule has 0 radical (unpaired) electrons. The van der Waals surface area contributed by atoms with E-state index in [1.54, 1.807) is 0 Å². The number of hydrogen-bond donors (Lipinski definition) is 1. The Morgan fingerprint density at radius 1 is 1.24 bits per heavy atom. The fraction of sp³-hybridized carbons (Fsp3) is 0.467. The maximum absolute atomic E-state index is 6.08. The highest BCUT2D eigenvalue weighted by Gasteiger charge is 2.54. The van der Waals surface area contributed by atoms with Crippen molar-refractivity contribution in [2.75, 3.05) is 0 Å². The Kier molecular flexibility index (Phi) is 4.09. The molecule has 2 fully saturated rings. The molecular formula is C15H20BNO3Si. The third-order valence-electron chi connectivity index (χ3n) is 3.45. The molecule has 6 heteroatoms. The zero-order chi connectivity index (χ0) is 14.9. The number of hydrogen-bond acceptors (Lipinski definition) is 4. The average molecular weight is 301 g/mol. The molecule has 1 saturated heterocycles. The molecule has 2 aliphatic rings. The van der Waals surface area contributed by atoms with Crippen LogP contribution in [0.4, 0.5) is 0 Å². The highest BCUT2D eigenvalue weighted by Crippen LogP contribution is 2.36. The summed E-state index contributed by atoms with van der Waals surface area (Å²) in [5.41, 5.74) is 0.964. The Morgan fingerprint density at radius 2 is 2.00 bits per heavy atom. The summed E-state index contributed by atoms with van der Waals surface area (Å²) in [5.74, 6) is 3.03. The van der Waals surface area contributed by atoms with Crippen LogP contribution in [0.1, 0.15) is 12.0 Å². The maximum Gasteiger partial charge on any atom is 0.598 e. The molecule has 3 atom stereocenters. The molecule has 110 valence electrons. The monoisotopic (exact) mass is 301 g/mol. The van der Waals surface area contributed by atoms with E-state index in [0.29, 0.717) is 0 Å². The molecule has 1 aromatic carbocycles. The van der Waals surface area contributed by atoms with Gasteiger partial charge in [-0.1, -0.05) is 18.2 Å². The van der Waals surface area contributed by atoms with Crippen LogP contribution in [0, 0.1) is 12.0 Å². The summed E-state index contributed by atoms with van der Waals surface area (Å²) in [4.78, 5) is 0. The van der Waals surface area contributed by atoms with Gasteiger partial charge in [0.15, 0.2) is 8.32 Å². The van der Waals surface area contributed by atoms with E-state index in [0.717, 1.165) is 12.0 Å². The van der Waals surface area contributed by atoms with Gasteiger partial charge >= 0.3 is 7.25 Å². The lowest BCUT2D eigenvalue weighted by Gasteiger charge is -2.41. The molecule has 0 bridgehead atoms. The average Bonchev–Trinajstić information content (AvgIpc) is 2.74. The van der Waals surface area contributed by atoms with Gasteiger partial charge in [-0.05, 0) is 37.7 Å². The van der Waals surface area contributed by atoms with Crippen molar-refractivity contribution >= 4 is 15.6 Å². The highest BCUT2D eigenvalue weighted by atomic mass is 28.4. The van der Waals surface area contributed by atoms with Crippen LogP contribution in [-0.4, -0.2) is 33.9 Å². The smallest absolute Gasteiger partial charge is 0.412 e. The van der Waals surface area contributed by atoms with Crippen LogP contribution in [0.2, 0.25) is 19.6 Å². The molecule has 1 heterocycles. The van der Waals surface area contributed by atoms with E-state index in [9.17, 15) is 0 Å². The van der Waals surface area contributed by atoms with Gasteiger partial charge in [0.25, 0.3) is 0 Å². The lowest BCUT2D eigenvalue weighted by Crippen LogP contribution is -2.53. The third kappa shape index (κ3) is 3.69. The largest absolute Gasteiger partial charge is 0.598 e. The second-order valence-electron chi connectivity index (χ2n) is 6.37. The number of benzene rings is 1. The minimum absolute atomic E-state index is 0.0488. The zero-order valence-electron chi connectivity index (χ0n) is 12.6. The topological polar surface area (TPSA) is 39.7 Å². The Labute approximate surface area is 127 Å². The van der Waals surface area contributed by atoms with Gasteiger partial charge in [0, 0.05) is 18.0 Å². The summed E-state index contributed by atoms with van der Waals surface area (Å²) in [7, 11) is -1.98. The Morgan fingerprint density at radius 3 is 2.71 bits per heavy atom. The SMILES string of the molecule is C[Si](C)(C)OC1CC2OB(NC#Cc3ccccc3)OC21. The van der Waals surface area contributed by atoms with Crippen LogP contribution in [0.25, 0.3) is 0 Å². The molecule has 3 unspecified atom stereocenters. The molecule has 3 rings (SSSR count). The Balaban J connectivity index is 1.49. The van der Waals surface area contributed by atoms with E-state index in [-0.39, 0.29) is 18.3 Å². The maximum atomic E-state index is 6.08. The lowest BCUT2D eigenvalue weighted by atomic mass is 9.89. The van der Waals surface area contributed by atoms with Gasteiger partial charge in [-0.2, -0.15) is 0 Å². The van der Waals surface area contributed by atoms with Gasteiger partial charge in [-0.3, -0.25) is 0 Å². The molecule has 21 heavy (non-hydrogen) atoms. The molecule has 1 N–H and O–H groups in total. The summed E-state index contributed by atoms with van der Waals surface area (Å²) < 4.78 is 17.6. The van der Waals surface area contributed by atoms with Crippen molar-refractivity contribution in [1.29, 1.82) is 0 Å². The Hall–Kier alpha value is -1.26. The minimum Gasteiger partial charge on any atom is -0.412 e. The van der Waals surface area contributed by atoms with E-state index in [1.807, 2.05) is 30.3 Å². The van der Waals surface area contributed by atoms with E-state index >= 15 is 0 Å². The van der Waals surface area contributed by atoms with Gasteiger partial charge in [-0.25, -0.2) is 0 Å². The van der Waals surface area contributed by atoms with Crippen molar-refractivity contribution in [2.24, 2.45) is 0 Å². The second kappa shape index (κ2) is 5.86. The van der Waals surface area contributed by atoms with Gasteiger partial charge in [-0.15, -0.1) is 0 Å². The fourth-order valence-corrected chi connectivity index (χ4v) is 3.65. The van der Waals surface area contributed by atoms with E-state index in [4.69, 9.17) is 13.7 Å². The molecule has 0 amide bonds. The first-order chi connectivity index (χ1) is 10.0. The summed E-state index contributed by atoms with van der Waals surface area (Å²) in [6.45, 7) is 6.58. The minimum atomic E-state index is -1.53. The number of rotatable bonds is 3. The van der Waals surface area contributed by atoms with E-state index < -0.39 is 15.6 Å². The van der Waals surface area contributed by atoms with Crippen LogP contribution < -0.4 is 5.23 Å². The van der Waals surface area contributed by atoms with Crippen molar-refractivity contribution in [3.05, 3.63) is 35.9 Å². The number of nitrogens with one attached hydrogen (secondary N) is 1. The van der Waals surface area contributed by atoms with Crippen LogP contribution >= 0.6 is 0 Å². The van der Waals surface area contributed by atoms with E-state index in [2.05, 4.69) is 36.8 Å². The lowest BCUT2D eigenvalue weighted by molar-refractivity contribution is -0.0622. The predicted octanol–water partition coefficient (Wildman–Crippen LogP) is 1.98. The Bertz CT molecular complexity index is 552. The molecule has 1 aliphatic carbocycles. The molecule has 1 saturated carbocycles. The molecule has 0 spiro atoms. The van der Waals surface area contributed by atoms with Crippen molar-refractivity contribution < 1.29 is 13.7 Å². The summed E-state index contributed by atoms with van der Waals surface area (Å²) in [6, 6.07) is 12.7. The zero-order valence-corrected chi connectivity index (χ0v) is 13.6. The van der Waals surface area contributed by atoms with Crippen LogP contribution in [-0.2, 0) is 13.7 Å². The van der Waals surface area contributed by atoms with Crippen molar-refractivity contribution in [1.82, 2.24) is 5.23 Å². The first-order valence-electron chi connectivity index (χ1n) is 7.32. The molecule has 1 aromatic rings. The third-order valence-corrected chi connectivity index (χ3v) is 4.46. The second-order valence-corrected chi connectivity index (χ2v) is 10.8. The molecule has 0 aromatic heterocycles. The fourth-order valence-electron chi connectivity index (χ4n) is 2.51. The predicted molar refractivity (Wildman–Crippen MR) is 84.8 cm³/mol. The van der Waals surface area contributed by atoms with Gasteiger partial charge in [0.05, 0.1) is 18.3 Å². The van der Waals surface area contributed by atoms with Gasteiger partial charge < -0.3 is 19.0 Å². The number of fused-ring (bicyclic) bond motifs is 1. The standard InChI is InChI=1S/C15H20BNO3Si/c1-21(2,3)20-14-11-13-15(14)19-16(18-13)17-10-9-12-7-5-4-6-8-12/h4-8,13-15,17H,11H2,1-3H3. The molecular weight excluding hydrogens is 281 g/mol. The molecule has 1 aliphatic heterocycles.